The quantitative estimate of drug-likeness (QED) is 0.0222. The molecule has 1 unspecified atom stereocenters. The maximum Gasteiger partial charge on any atom is 0.416 e. The molecule has 34 heteroatoms. The second kappa shape index (κ2) is 37.4. The molecule has 11 atom stereocenters. The molecule has 0 aromatic heterocycles. The standard InChI is InChI=1S/C78H100N8O26/c1-7-19-107-75(99)84-37-48-34-77(14-15-77)35-52(48)64(89)50-30-58(101-5)60(32-55(50)84)108-38-45-9-8-10-46(28-45)39-109-61-33-56-51(31-59(61)102-6)71(95)85-42-78(16-17-78)36-57(85)72(96)86(56)76(100)111-40-47-11-12-49(29-53(47)82-62(88)13-20-103-22-24-105-26-27-106-25-23-104-21-18-79)81-69(93)54(83-70(94)63(43(2)3)80-44(4)87)41-110-74-67(92)65(90)66(91)68(112-74)73(97)98/h7-12,28-33,43,48,52,54,57,63,65-68,72,74,90-92,96H,1,13-27,34-42,79H2,2-6H3,(H,80,87)(H,81,93)(H,82,88)(H,83,94)(H,97,98)/t48-,52?,54-,57-,63-,65-,66-,67+,68-,72-,74+/m0/s1. The number of amides is 7. The summed E-state index contributed by atoms with van der Waals surface area (Å²) in [5.74, 6) is -5.43. The lowest BCUT2D eigenvalue weighted by molar-refractivity contribution is -0.294. The van der Waals surface area contributed by atoms with Crippen LogP contribution in [0.3, 0.4) is 0 Å². The number of nitrogens with one attached hydrogen (secondary N) is 4. The van der Waals surface area contributed by atoms with Crippen molar-refractivity contribution in [2.75, 3.05) is 120 Å². The number of Topliss-reactive ketones (excluding diaryl/α,β-unsaturated/α-hetero) is 1. The van der Waals surface area contributed by atoms with Crippen molar-refractivity contribution >= 4 is 76.2 Å². The number of carboxylic acids is 1. The molecule has 4 aromatic carbocycles. The van der Waals surface area contributed by atoms with E-state index in [1.165, 1.54) is 62.5 Å². The van der Waals surface area contributed by atoms with Gasteiger partial charge in [0, 0.05) is 67.1 Å². The first-order valence-electron chi connectivity index (χ1n) is 37.5. The molecule has 0 radical (unpaired) electrons. The third kappa shape index (κ3) is 20.1. The van der Waals surface area contributed by atoms with Gasteiger partial charge in [-0.15, -0.1) is 0 Å². The van der Waals surface area contributed by atoms with Gasteiger partial charge in [-0.05, 0) is 109 Å². The number of benzene rings is 4. The number of carbonyl (C=O) groups excluding carboxylic acids is 8. The Bertz CT molecular complexity index is 4100. The van der Waals surface area contributed by atoms with Crippen LogP contribution in [0, 0.1) is 28.6 Å². The van der Waals surface area contributed by atoms with Crippen LogP contribution in [0.1, 0.15) is 110 Å². The maximum atomic E-state index is 15.1. The van der Waals surface area contributed by atoms with Crippen LogP contribution in [0.25, 0.3) is 0 Å². The van der Waals surface area contributed by atoms with Crippen LogP contribution >= 0.6 is 0 Å². The van der Waals surface area contributed by atoms with Gasteiger partial charge < -0.3 is 114 Å². The fraction of sp³-hybridized carbons (Fsp3) is 0.551. The fourth-order valence-electron chi connectivity index (χ4n) is 14.9. The molecule has 11 rings (SSSR count). The van der Waals surface area contributed by atoms with E-state index in [9.17, 15) is 63.9 Å². The summed E-state index contributed by atoms with van der Waals surface area (Å²) in [6, 6.07) is 13.6. The number of ether oxygens (including phenoxy) is 12. The predicted octanol–water partition coefficient (Wildman–Crippen LogP) is 4.31. The largest absolute Gasteiger partial charge is 0.493 e. The number of fused-ring (bicyclic) bond motifs is 4. The molecule has 2 spiro atoms. The van der Waals surface area contributed by atoms with E-state index in [2.05, 4.69) is 27.8 Å². The van der Waals surface area contributed by atoms with Gasteiger partial charge in [0.15, 0.2) is 47.4 Å². The third-order valence-corrected chi connectivity index (χ3v) is 21.2. The first kappa shape index (κ1) is 83.3. The topological polar surface area (TPSA) is 449 Å². The average Bonchev–Trinajstić information content (AvgIpc) is 1.57. The summed E-state index contributed by atoms with van der Waals surface area (Å²) in [5.41, 5.74) is 7.29. The molecule has 112 heavy (non-hydrogen) atoms. The lowest BCUT2D eigenvalue weighted by atomic mass is 9.89. The van der Waals surface area contributed by atoms with Gasteiger partial charge >= 0.3 is 18.2 Å². The van der Waals surface area contributed by atoms with Gasteiger partial charge in [-0.25, -0.2) is 19.3 Å². The minimum atomic E-state index is -2.09. The Labute approximate surface area is 646 Å². The van der Waals surface area contributed by atoms with Crippen LogP contribution in [-0.2, 0) is 81.7 Å². The summed E-state index contributed by atoms with van der Waals surface area (Å²) in [7, 11) is 2.86. The first-order valence-corrected chi connectivity index (χ1v) is 37.5. The molecule has 7 amide bonds. The number of ketones is 1. The van der Waals surface area contributed by atoms with Crippen LogP contribution in [-0.4, -0.2) is 239 Å². The number of aliphatic carboxylic acids is 1. The van der Waals surface area contributed by atoms with E-state index in [1.807, 2.05) is 18.2 Å². The molecular formula is C78H100N8O26. The lowest BCUT2D eigenvalue weighted by Crippen LogP contribution is -2.61. The van der Waals surface area contributed by atoms with Gasteiger partial charge in [0.25, 0.3) is 5.91 Å². The fourth-order valence-corrected chi connectivity index (χ4v) is 14.9. The molecule has 4 aromatic rings. The van der Waals surface area contributed by atoms with Crippen molar-refractivity contribution in [3.63, 3.8) is 0 Å². The van der Waals surface area contributed by atoms with Gasteiger partial charge in [0.05, 0.1) is 103 Å². The number of carboxylic acid groups (broad SMARTS) is 1. The predicted molar refractivity (Wildman–Crippen MR) is 397 cm³/mol. The molecular weight excluding hydrogens is 1460 g/mol. The first-order chi connectivity index (χ1) is 53.8. The maximum absolute atomic E-state index is 15.1. The van der Waals surface area contributed by atoms with Gasteiger partial charge in [0.2, 0.25) is 23.6 Å². The van der Waals surface area contributed by atoms with E-state index in [0.29, 0.717) is 80.6 Å². The van der Waals surface area contributed by atoms with Crippen molar-refractivity contribution in [2.24, 2.45) is 34.3 Å². The molecule has 11 N–H and O–H groups in total. The van der Waals surface area contributed by atoms with Gasteiger partial charge in [0.1, 0.15) is 56.8 Å². The highest BCUT2D eigenvalue weighted by Gasteiger charge is 2.59. The summed E-state index contributed by atoms with van der Waals surface area (Å²) in [6.07, 6.45) is -6.76. The number of aliphatic hydroxyl groups is 4. The van der Waals surface area contributed by atoms with Gasteiger partial charge in [-0.1, -0.05) is 50.8 Å². The number of methoxy groups -OCH3 is 2. The highest BCUT2D eigenvalue weighted by Crippen LogP contribution is 2.63. The Kier molecular flexibility index (Phi) is 27.8. The monoisotopic (exact) mass is 1560 g/mol. The number of hydrogen-bond acceptors (Lipinski definition) is 26. The lowest BCUT2D eigenvalue weighted by Gasteiger charge is -2.38. The zero-order valence-electron chi connectivity index (χ0n) is 63.3. The minimum Gasteiger partial charge on any atom is -0.493 e. The molecule has 34 nitrogen and oxygen atoms in total. The van der Waals surface area contributed by atoms with Crippen molar-refractivity contribution in [2.45, 2.75) is 147 Å². The molecule has 7 aliphatic rings. The van der Waals surface area contributed by atoms with Crippen molar-refractivity contribution < 1.29 is 126 Å². The van der Waals surface area contributed by atoms with E-state index in [1.54, 1.807) is 36.9 Å². The number of nitrogens with two attached hydrogens (primary N) is 1. The molecule has 0 bridgehead atoms. The zero-order valence-corrected chi connectivity index (χ0v) is 63.3. The molecule has 4 aliphatic heterocycles. The van der Waals surface area contributed by atoms with Gasteiger partial charge in [-0.2, -0.15) is 0 Å². The average molecular weight is 1570 g/mol. The highest BCUT2D eigenvalue weighted by atomic mass is 16.7. The second-order valence-corrected chi connectivity index (χ2v) is 29.5. The van der Waals surface area contributed by atoms with E-state index < -0.39 is 122 Å². The van der Waals surface area contributed by atoms with Crippen molar-refractivity contribution in [1.29, 1.82) is 0 Å². The summed E-state index contributed by atoms with van der Waals surface area (Å²) >= 11 is 0. The second-order valence-electron chi connectivity index (χ2n) is 29.5. The van der Waals surface area contributed by atoms with Crippen LogP contribution in [0.15, 0.2) is 79.4 Å². The summed E-state index contributed by atoms with van der Waals surface area (Å²) in [6.45, 7) is 9.42. The van der Waals surface area contributed by atoms with Gasteiger partial charge in [-0.3, -0.25) is 33.7 Å². The number of hydrogen-bond donors (Lipinski definition) is 10. The van der Waals surface area contributed by atoms with Crippen molar-refractivity contribution in [3.05, 3.63) is 107 Å². The number of aliphatic hydroxyl groups excluding tert-OH is 4. The van der Waals surface area contributed by atoms with Crippen LogP contribution in [0.2, 0.25) is 0 Å². The zero-order chi connectivity index (χ0) is 80.1. The Balaban J connectivity index is 0.824. The Morgan fingerprint density at radius 1 is 0.688 bits per heavy atom. The van der Waals surface area contributed by atoms with E-state index in [0.717, 1.165) is 43.4 Å². The van der Waals surface area contributed by atoms with E-state index in [4.69, 9.17) is 62.6 Å². The molecule has 3 saturated carbocycles. The van der Waals surface area contributed by atoms with Crippen LogP contribution in [0.4, 0.5) is 32.3 Å². The molecule has 4 heterocycles. The Morgan fingerprint density at radius 2 is 1.32 bits per heavy atom. The third-order valence-electron chi connectivity index (χ3n) is 21.2. The number of rotatable bonds is 37. The minimum absolute atomic E-state index is 0.000482. The molecule has 2 saturated heterocycles. The SMILES string of the molecule is C=CCOC(=O)N1C[C@@H]2CC3(CC3)CC2C(=O)c2cc(OC)c(OCc3cccc(COc4cc5c(cc4OC)C(=O)N4CC6(CC6)C[C@H]4[C@H](O)N5C(=O)OCc4ccc(NC(=O)[C@H](CO[C@@H]5O[C@H](C(=O)O)[C@@H](O)[C@H](O)[C@H]5O)NC(=O)[C@@H](NC(C)=O)C(C)C)cc4NC(=O)CCOCCOCCOCCOCCN)c3)cc21. The smallest absolute Gasteiger partial charge is 0.416 e. The van der Waals surface area contributed by atoms with Crippen molar-refractivity contribution in [1.82, 2.24) is 15.5 Å². The summed E-state index contributed by atoms with van der Waals surface area (Å²) < 4.78 is 69.2. The van der Waals surface area contributed by atoms with E-state index in [-0.39, 0.29) is 127 Å². The summed E-state index contributed by atoms with van der Waals surface area (Å²) in [4.78, 5) is 129. The van der Waals surface area contributed by atoms with Crippen LogP contribution in [0.5, 0.6) is 23.0 Å². The Morgan fingerprint density at radius 3 is 1.93 bits per heavy atom. The number of anilines is 4. The van der Waals surface area contributed by atoms with Crippen molar-refractivity contribution in [3.8, 4) is 23.0 Å². The van der Waals surface area contributed by atoms with Crippen LogP contribution < -0.4 is 55.7 Å². The molecule has 3 aliphatic carbocycles. The highest BCUT2D eigenvalue weighted by molar-refractivity contribution is 6.09. The molecule has 608 valence electrons. The Hall–Kier alpha value is -9.59. The summed E-state index contributed by atoms with van der Waals surface area (Å²) in [5, 5.41) is 64.3. The number of nitrogens with zero attached hydrogens (tertiary/aromatic N) is 3. The normalized spacial score (nSPS) is 22.7. The van der Waals surface area contributed by atoms with E-state index >= 15 is 4.79 Å². The molecule has 5 fully saturated rings. The number of carbonyl (C=O) groups is 9.